The zero-order valence-corrected chi connectivity index (χ0v) is 19.2. The van der Waals surface area contributed by atoms with Crippen LogP contribution < -0.4 is 0 Å². The number of hydrogen-bond donors (Lipinski definition) is 0. The second-order valence-corrected chi connectivity index (χ2v) is 9.53. The van der Waals surface area contributed by atoms with Gasteiger partial charge in [-0.05, 0) is 31.2 Å². The second-order valence-electron chi connectivity index (χ2n) is 7.21. The fourth-order valence-electron chi connectivity index (χ4n) is 3.11. The number of hydrogen-bond acceptors (Lipinski definition) is 6. The Hall–Kier alpha value is -2.63. The predicted octanol–water partition coefficient (Wildman–Crippen LogP) is 2.40. The average molecular weight is 470 g/mol. The maximum atomic E-state index is 13.4. The summed E-state index contributed by atoms with van der Waals surface area (Å²) in [7, 11) is 0.690. The highest BCUT2D eigenvalue weighted by Crippen LogP contribution is 2.35. The fourth-order valence-corrected chi connectivity index (χ4v) is 4.73. The van der Waals surface area contributed by atoms with Gasteiger partial charge in [0.2, 0.25) is 10.0 Å². The Morgan fingerprint density at radius 3 is 2.45 bits per heavy atom. The fraction of sp³-hybridized carbons (Fsp3) is 0.421. The summed E-state index contributed by atoms with van der Waals surface area (Å²) < 4.78 is 34.6. The van der Waals surface area contributed by atoms with Crippen LogP contribution in [0.2, 0.25) is 5.02 Å². The molecule has 0 spiro atoms. The maximum Gasteiger partial charge on any atom is 0.411 e. The van der Waals surface area contributed by atoms with Crippen LogP contribution in [0.4, 0.5) is 9.59 Å². The summed E-state index contributed by atoms with van der Waals surface area (Å²) in [5.41, 5.74) is 0.843. The first-order valence-corrected chi connectivity index (χ1v) is 11.4. The summed E-state index contributed by atoms with van der Waals surface area (Å²) in [6, 6.07) is 5.35. The summed E-state index contributed by atoms with van der Waals surface area (Å²) >= 11 is 5.89. The van der Waals surface area contributed by atoms with Crippen LogP contribution in [-0.4, -0.2) is 78.7 Å². The van der Waals surface area contributed by atoms with E-state index in [4.69, 9.17) is 16.3 Å². The van der Waals surface area contributed by atoms with Gasteiger partial charge in [0.1, 0.15) is 0 Å². The van der Waals surface area contributed by atoms with Crippen LogP contribution in [0.5, 0.6) is 0 Å². The van der Waals surface area contributed by atoms with Gasteiger partial charge in [0.05, 0.1) is 22.3 Å². The van der Waals surface area contributed by atoms with Gasteiger partial charge in [-0.1, -0.05) is 11.6 Å². The standard InChI is InChI=1S/C19H24ClN5O5S/c1-5-23(4)19(27)30-17-15-12-21-25(18(26)22(2)3)16(15)10-11-24(17)31(28,29)14-8-6-13(20)7-9-14/h6-9,12,17H,5,10-11H2,1-4H3. The molecule has 0 saturated heterocycles. The molecule has 1 aliphatic heterocycles. The summed E-state index contributed by atoms with van der Waals surface area (Å²) in [4.78, 5) is 27.7. The molecule has 31 heavy (non-hydrogen) atoms. The molecule has 0 aliphatic carbocycles. The molecule has 2 heterocycles. The SMILES string of the molecule is CCN(C)C(=O)OC1c2cnn(C(=O)N(C)C)c2CCN1S(=O)(=O)c1ccc(Cl)cc1. The van der Waals surface area contributed by atoms with Crippen molar-refractivity contribution in [3.05, 3.63) is 46.7 Å². The number of rotatable bonds is 4. The third kappa shape index (κ3) is 4.39. The molecular formula is C19H24ClN5O5S. The Morgan fingerprint density at radius 2 is 1.87 bits per heavy atom. The molecule has 0 saturated carbocycles. The summed E-state index contributed by atoms with van der Waals surface area (Å²) in [5, 5.41) is 4.52. The lowest BCUT2D eigenvalue weighted by Crippen LogP contribution is -2.44. The van der Waals surface area contributed by atoms with Crippen molar-refractivity contribution in [2.75, 3.05) is 34.2 Å². The highest BCUT2D eigenvalue weighted by Gasteiger charge is 2.42. The minimum Gasteiger partial charge on any atom is -0.425 e. The molecule has 12 heteroatoms. The molecule has 1 aromatic carbocycles. The van der Waals surface area contributed by atoms with Crippen molar-refractivity contribution >= 4 is 33.7 Å². The largest absolute Gasteiger partial charge is 0.425 e. The van der Waals surface area contributed by atoms with E-state index in [0.717, 1.165) is 4.31 Å². The number of carbonyl (C=O) groups excluding carboxylic acids is 2. The molecule has 10 nitrogen and oxygen atoms in total. The number of aromatic nitrogens is 2. The van der Waals surface area contributed by atoms with Crippen molar-refractivity contribution < 1.29 is 22.7 Å². The van der Waals surface area contributed by atoms with Crippen molar-refractivity contribution in [1.82, 2.24) is 23.9 Å². The van der Waals surface area contributed by atoms with Gasteiger partial charge < -0.3 is 14.5 Å². The second kappa shape index (κ2) is 8.85. The van der Waals surface area contributed by atoms with Gasteiger partial charge in [-0.2, -0.15) is 14.1 Å². The highest BCUT2D eigenvalue weighted by atomic mass is 35.5. The first-order chi connectivity index (χ1) is 14.6. The average Bonchev–Trinajstić information content (AvgIpc) is 3.17. The summed E-state index contributed by atoms with van der Waals surface area (Å²) in [5.74, 6) is 0. The quantitative estimate of drug-likeness (QED) is 0.680. The predicted molar refractivity (Wildman–Crippen MR) is 113 cm³/mol. The van der Waals surface area contributed by atoms with E-state index < -0.39 is 22.3 Å². The van der Waals surface area contributed by atoms with E-state index in [9.17, 15) is 18.0 Å². The van der Waals surface area contributed by atoms with E-state index in [1.165, 1.54) is 44.9 Å². The summed E-state index contributed by atoms with van der Waals surface area (Å²) in [6.07, 6.45) is -0.373. The van der Waals surface area contributed by atoms with Gasteiger partial charge in [-0.3, -0.25) is 0 Å². The molecule has 0 N–H and O–H groups in total. The third-order valence-corrected chi connectivity index (χ3v) is 7.09. The van der Waals surface area contributed by atoms with Crippen molar-refractivity contribution in [3.8, 4) is 0 Å². The number of amides is 2. The van der Waals surface area contributed by atoms with Gasteiger partial charge in [0.15, 0.2) is 6.23 Å². The number of fused-ring (bicyclic) bond motifs is 1. The lowest BCUT2D eigenvalue weighted by atomic mass is 10.1. The molecule has 0 bridgehead atoms. The normalized spacial score (nSPS) is 16.5. The summed E-state index contributed by atoms with van der Waals surface area (Å²) in [6.45, 7) is 2.14. The van der Waals surface area contributed by atoms with Gasteiger partial charge in [-0.25, -0.2) is 18.0 Å². The van der Waals surface area contributed by atoms with Crippen LogP contribution in [0.1, 0.15) is 24.4 Å². The van der Waals surface area contributed by atoms with Gasteiger partial charge in [-0.15, -0.1) is 0 Å². The van der Waals surface area contributed by atoms with Crippen LogP contribution in [-0.2, 0) is 21.2 Å². The van der Waals surface area contributed by atoms with Crippen LogP contribution in [0.15, 0.2) is 35.4 Å². The third-order valence-electron chi connectivity index (χ3n) is 4.98. The van der Waals surface area contributed by atoms with Crippen molar-refractivity contribution in [1.29, 1.82) is 0 Å². The van der Waals surface area contributed by atoms with E-state index in [-0.39, 0.29) is 23.9 Å². The van der Waals surface area contributed by atoms with Crippen LogP contribution >= 0.6 is 11.6 Å². The minimum absolute atomic E-state index is 0.00184. The molecule has 0 radical (unpaired) electrons. The number of ether oxygens (including phenoxy) is 1. The molecule has 1 atom stereocenters. The van der Waals surface area contributed by atoms with E-state index in [0.29, 0.717) is 22.8 Å². The van der Waals surface area contributed by atoms with Gasteiger partial charge in [0, 0.05) is 45.7 Å². The van der Waals surface area contributed by atoms with Crippen molar-refractivity contribution in [2.24, 2.45) is 0 Å². The van der Waals surface area contributed by atoms with E-state index >= 15 is 0 Å². The lowest BCUT2D eigenvalue weighted by Gasteiger charge is -2.34. The smallest absolute Gasteiger partial charge is 0.411 e. The Balaban J connectivity index is 2.06. The zero-order valence-electron chi connectivity index (χ0n) is 17.6. The Labute approximate surface area is 186 Å². The van der Waals surface area contributed by atoms with Crippen LogP contribution in [0, 0.1) is 0 Å². The maximum absolute atomic E-state index is 13.4. The van der Waals surface area contributed by atoms with E-state index in [2.05, 4.69) is 5.10 Å². The lowest BCUT2D eigenvalue weighted by molar-refractivity contribution is 0.00688. The topological polar surface area (TPSA) is 105 Å². The molecule has 0 fully saturated rings. The Morgan fingerprint density at radius 1 is 1.23 bits per heavy atom. The Bertz CT molecular complexity index is 1080. The molecule has 168 valence electrons. The molecule has 3 rings (SSSR count). The molecular weight excluding hydrogens is 446 g/mol. The first kappa shape index (κ1) is 23.0. The molecule has 2 aromatic rings. The molecule has 1 unspecified atom stereocenters. The molecule has 1 aliphatic rings. The van der Waals surface area contributed by atoms with Crippen LogP contribution in [0.25, 0.3) is 0 Å². The molecule has 1 aromatic heterocycles. The minimum atomic E-state index is -4.03. The molecule has 2 amide bonds. The first-order valence-electron chi connectivity index (χ1n) is 9.55. The highest BCUT2D eigenvalue weighted by molar-refractivity contribution is 7.89. The number of benzene rings is 1. The van der Waals surface area contributed by atoms with E-state index in [1.807, 2.05) is 0 Å². The number of nitrogens with zero attached hydrogens (tertiary/aromatic N) is 5. The van der Waals surface area contributed by atoms with Gasteiger partial charge >= 0.3 is 12.1 Å². The number of sulfonamides is 1. The van der Waals surface area contributed by atoms with Gasteiger partial charge in [0.25, 0.3) is 0 Å². The number of carbonyl (C=O) groups is 2. The monoisotopic (exact) mass is 469 g/mol. The zero-order chi connectivity index (χ0) is 22.9. The van der Waals surface area contributed by atoms with Crippen LogP contribution in [0.3, 0.4) is 0 Å². The van der Waals surface area contributed by atoms with Crippen molar-refractivity contribution in [2.45, 2.75) is 24.5 Å². The Kier molecular flexibility index (Phi) is 6.58. The van der Waals surface area contributed by atoms with Crippen molar-refractivity contribution in [3.63, 3.8) is 0 Å². The van der Waals surface area contributed by atoms with E-state index in [1.54, 1.807) is 28.1 Å². The number of halogens is 1.